The summed E-state index contributed by atoms with van der Waals surface area (Å²) < 4.78 is 2.26. The number of anilines is 1. The number of hydrogen-bond acceptors (Lipinski definition) is 3. The third-order valence-corrected chi connectivity index (χ3v) is 2.90. The van der Waals surface area contributed by atoms with Gasteiger partial charge >= 0.3 is 0 Å². The first-order chi connectivity index (χ1) is 8.61. The van der Waals surface area contributed by atoms with Crippen LogP contribution >= 0.6 is 15.9 Å². The van der Waals surface area contributed by atoms with Crippen molar-refractivity contribution in [2.45, 2.75) is 0 Å². The van der Waals surface area contributed by atoms with E-state index in [0.717, 1.165) is 4.47 Å². The summed E-state index contributed by atoms with van der Waals surface area (Å²) in [7, 11) is 1.68. The molecule has 0 spiro atoms. The largest absolute Gasteiger partial charge is 0.319 e. The fourth-order valence-electron chi connectivity index (χ4n) is 1.50. The van der Waals surface area contributed by atoms with Crippen LogP contribution in [0.4, 0.5) is 5.69 Å². The zero-order valence-corrected chi connectivity index (χ0v) is 11.1. The normalized spacial score (nSPS) is 9.83. The minimum Gasteiger partial charge on any atom is -0.319 e. The molecule has 5 nitrogen and oxygen atoms in total. The van der Waals surface area contributed by atoms with Crippen LogP contribution in [0, 0.1) is 11.3 Å². The molecule has 90 valence electrons. The standard InChI is InChI=1S/C12H9BrN4O/c1-17-11(4-5-15-17)12(18)16-10-6-9(13)3-2-8(10)7-14/h2-6H,1H3,(H,16,18). The van der Waals surface area contributed by atoms with Crippen molar-refractivity contribution in [2.75, 3.05) is 5.32 Å². The van der Waals surface area contributed by atoms with Gasteiger partial charge in [-0.15, -0.1) is 0 Å². The summed E-state index contributed by atoms with van der Waals surface area (Å²) in [5.41, 5.74) is 1.31. The molecule has 0 aliphatic carbocycles. The lowest BCUT2D eigenvalue weighted by atomic mass is 10.2. The number of carbonyl (C=O) groups is 1. The quantitative estimate of drug-likeness (QED) is 0.925. The van der Waals surface area contributed by atoms with Crippen LogP contribution in [-0.2, 0) is 7.05 Å². The van der Waals surface area contributed by atoms with Gasteiger partial charge in [-0.25, -0.2) is 0 Å². The first kappa shape index (κ1) is 12.3. The summed E-state index contributed by atoms with van der Waals surface area (Å²) >= 11 is 3.30. The summed E-state index contributed by atoms with van der Waals surface area (Å²) in [5.74, 6) is -0.301. The molecule has 0 fully saturated rings. The lowest BCUT2D eigenvalue weighted by Gasteiger charge is -2.07. The van der Waals surface area contributed by atoms with Crippen molar-refractivity contribution in [1.29, 1.82) is 5.26 Å². The van der Waals surface area contributed by atoms with Gasteiger partial charge in [0.05, 0.1) is 11.3 Å². The highest BCUT2D eigenvalue weighted by atomic mass is 79.9. The fraction of sp³-hybridized carbons (Fsp3) is 0.0833. The molecular formula is C12H9BrN4O. The van der Waals surface area contributed by atoms with E-state index in [1.807, 2.05) is 6.07 Å². The third-order valence-electron chi connectivity index (χ3n) is 2.40. The van der Waals surface area contributed by atoms with Crippen LogP contribution in [-0.4, -0.2) is 15.7 Å². The zero-order valence-electron chi connectivity index (χ0n) is 9.51. The van der Waals surface area contributed by atoms with Crippen LogP contribution in [0.3, 0.4) is 0 Å². The Balaban J connectivity index is 2.30. The smallest absolute Gasteiger partial charge is 0.273 e. The Kier molecular flexibility index (Phi) is 3.44. The Labute approximate surface area is 112 Å². The van der Waals surface area contributed by atoms with Gasteiger partial charge in [0.1, 0.15) is 11.8 Å². The Hall–Kier alpha value is -2.13. The van der Waals surface area contributed by atoms with E-state index in [9.17, 15) is 4.79 Å². The molecule has 0 bridgehead atoms. The highest BCUT2D eigenvalue weighted by molar-refractivity contribution is 9.10. The molecule has 1 aromatic heterocycles. The van der Waals surface area contributed by atoms with Crippen molar-refractivity contribution >= 4 is 27.5 Å². The van der Waals surface area contributed by atoms with Crippen LogP contribution in [0.1, 0.15) is 16.1 Å². The summed E-state index contributed by atoms with van der Waals surface area (Å²) in [6, 6.07) is 8.72. The monoisotopic (exact) mass is 304 g/mol. The number of nitriles is 1. The predicted molar refractivity (Wildman–Crippen MR) is 70.0 cm³/mol. The van der Waals surface area contributed by atoms with E-state index < -0.39 is 0 Å². The van der Waals surface area contributed by atoms with Gasteiger partial charge in [-0.05, 0) is 24.3 Å². The highest BCUT2D eigenvalue weighted by Gasteiger charge is 2.12. The van der Waals surface area contributed by atoms with E-state index >= 15 is 0 Å². The van der Waals surface area contributed by atoms with Crippen LogP contribution in [0.5, 0.6) is 0 Å². The second-order valence-electron chi connectivity index (χ2n) is 3.60. The molecule has 2 rings (SSSR count). The zero-order chi connectivity index (χ0) is 13.1. The maximum Gasteiger partial charge on any atom is 0.273 e. The highest BCUT2D eigenvalue weighted by Crippen LogP contribution is 2.21. The van der Waals surface area contributed by atoms with Crippen molar-refractivity contribution in [3.63, 3.8) is 0 Å². The van der Waals surface area contributed by atoms with Gasteiger partial charge < -0.3 is 5.32 Å². The molecule has 0 saturated carbocycles. The first-order valence-electron chi connectivity index (χ1n) is 5.11. The number of nitrogens with zero attached hydrogens (tertiary/aromatic N) is 3. The van der Waals surface area contributed by atoms with E-state index in [2.05, 4.69) is 26.3 Å². The molecule has 0 unspecified atom stereocenters. The predicted octanol–water partition coefficient (Wildman–Crippen LogP) is 2.31. The fourth-order valence-corrected chi connectivity index (χ4v) is 1.86. The maximum absolute atomic E-state index is 12.0. The van der Waals surface area contributed by atoms with E-state index in [4.69, 9.17) is 5.26 Å². The van der Waals surface area contributed by atoms with E-state index in [1.165, 1.54) is 4.68 Å². The molecule has 0 radical (unpaired) electrons. The van der Waals surface area contributed by atoms with Gasteiger partial charge in [-0.1, -0.05) is 15.9 Å². The number of amides is 1. The number of aromatic nitrogens is 2. The molecule has 0 aliphatic rings. The van der Waals surface area contributed by atoms with E-state index in [-0.39, 0.29) is 5.91 Å². The van der Waals surface area contributed by atoms with Crippen LogP contribution in [0.2, 0.25) is 0 Å². The molecule has 1 amide bonds. The van der Waals surface area contributed by atoms with Crippen molar-refractivity contribution < 1.29 is 4.79 Å². The third kappa shape index (κ3) is 2.41. The summed E-state index contributed by atoms with van der Waals surface area (Å²) in [6.45, 7) is 0. The molecule has 6 heteroatoms. The lowest BCUT2D eigenvalue weighted by molar-refractivity contribution is 0.101. The average molecular weight is 305 g/mol. The Bertz CT molecular complexity index is 642. The molecule has 1 aromatic carbocycles. The number of carbonyl (C=O) groups excluding carboxylic acids is 1. The van der Waals surface area contributed by atoms with Gasteiger partial charge in [-0.3, -0.25) is 9.48 Å². The number of rotatable bonds is 2. The number of nitrogens with one attached hydrogen (secondary N) is 1. The van der Waals surface area contributed by atoms with Crippen molar-refractivity contribution in [1.82, 2.24) is 9.78 Å². The maximum atomic E-state index is 12.0. The van der Waals surface area contributed by atoms with Gasteiger partial charge in [0.15, 0.2) is 0 Å². The van der Waals surface area contributed by atoms with Crippen molar-refractivity contribution in [2.24, 2.45) is 7.05 Å². The molecule has 0 aliphatic heterocycles. The second-order valence-corrected chi connectivity index (χ2v) is 4.51. The van der Waals surface area contributed by atoms with Crippen LogP contribution in [0.15, 0.2) is 34.9 Å². The molecule has 1 heterocycles. The summed E-state index contributed by atoms with van der Waals surface area (Å²) in [5, 5.41) is 15.6. The summed E-state index contributed by atoms with van der Waals surface area (Å²) in [6.07, 6.45) is 1.54. The molecule has 2 aromatic rings. The van der Waals surface area contributed by atoms with Crippen molar-refractivity contribution in [3.05, 3.63) is 46.2 Å². The van der Waals surface area contributed by atoms with Crippen molar-refractivity contribution in [3.8, 4) is 6.07 Å². The Morgan fingerprint density at radius 3 is 2.89 bits per heavy atom. The van der Waals surface area contributed by atoms with Gasteiger partial charge in [0, 0.05) is 17.7 Å². The van der Waals surface area contributed by atoms with E-state index in [0.29, 0.717) is 16.9 Å². The first-order valence-corrected chi connectivity index (χ1v) is 5.90. The molecule has 0 atom stereocenters. The molecule has 0 saturated heterocycles. The Morgan fingerprint density at radius 1 is 1.50 bits per heavy atom. The van der Waals surface area contributed by atoms with Crippen LogP contribution < -0.4 is 5.32 Å². The number of aryl methyl sites for hydroxylation is 1. The van der Waals surface area contributed by atoms with Gasteiger partial charge in [-0.2, -0.15) is 10.4 Å². The molecule has 18 heavy (non-hydrogen) atoms. The number of halogens is 1. The SMILES string of the molecule is Cn1nccc1C(=O)Nc1cc(Br)ccc1C#N. The topological polar surface area (TPSA) is 70.7 Å². The summed E-state index contributed by atoms with van der Waals surface area (Å²) in [4.78, 5) is 12.0. The van der Waals surface area contributed by atoms with Crippen LogP contribution in [0.25, 0.3) is 0 Å². The Morgan fingerprint density at radius 2 is 2.28 bits per heavy atom. The second kappa shape index (κ2) is 5.02. The number of benzene rings is 1. The average Bonchev–Trinajstić information content (AvgIpc) is 2.76. The lowest BCUT2D eigenvalue weighted by Crippen LogP contribution is -2.16. The van der Waals surface area contributed by atoms with Gasteiger partial charge in [0.2, 0.25) is 0 Å². The minimum atomic E-state index is -0.301. The minimum absolute atomic E-state index is 0.301. The molecular weight excluding hydrogens is 296 g/mol. The number of hydrogen-bond donors (Lipinski definition) is 1. The molecule has 1 N–H and O–H groups in total. The van der Waals surface area contributed by atoms with E-state index in [1.54, 1.807) is 37.5 Å². The van der Waals surface area contributed by atoms with Gasteiger partial charge in [0.25, 0.3) is 5.91 Å².